The van der Waals surface area contributed by atoms with Crippen molar-refractivity contribution in [3.05, 3.63) is 63.0 Å². The van der Waals surface area contributed by atoms with Crippen molar-refractivity contribution in [1.82, 2.24) is 5.32 Å². The maximum absolute atomic E-state index is 13.6. The maximum Gasteiger partial charge on any atom is 0.260 e. The average Bonchev–Trinajstić information content (AvgIpc) is 2.49. The van der Waals surface area contributed by atoms with Crippen molar-refractivity contribution in [3.63, 3.8) is 0 Å². The Morgan fingerprint density at radius 1 is 1.22 bits per heavy atom. The van der Waals surface area contributed by atoms with Crippen LogP contribution in [0.3, 0.4) is 0 Å². The molecule has 0 radical (unpaired) electrons. The third kappa shape index (κ3) is 4.71. The molecule has 2 N–H and O–H groups in total. The highest BCUT2D eigenvalue weighted by molar-refractivity contribution is 14.1. The molecule has 3 nitrogen and oxygen atoms in total. The van der Waals surface area contributed by atoms with E-state index in [0.29, 0.717) is 5.92 Å². The molecule has 0 saturated carbocycles. The number of halogens is 2. The summed E-state index contributed by atoms with van der Waals surface area (Å²) in [4.78, 5) is 12.1. The molecule has 0 aliphatic heterocycles. The Hall–Kier alpha value is -1.54. The van der Waals surface area contributed by atoms with Crippen molar-refractivity contribution >= 4 is 51.5 Å². The van der Waals surface area contributed by atoms with E-state index in [1.54, 1.807) is 6.07 Å². The third-order valence-corrected chi connectivity index (χ3v) is 4.10. The number of benzene rings is 2. The number of amides is 1. The van der Waals surface area contributed by atoms with Gasteiger partial charge in [0.25, 0.3) is 5.91 Å². The second kappa shape index (κ2) is 7.83. The minimum absolute atomic E-state index is 0.0386. The fourth-order valence-electron chi connectivity index (χ4n) is 2.09. The molecule has 120 valence electrons. The molecular weight excluding hydrogens is 426 g/mol. The van der Waals surface area contributed by atoms with Gasteiger partial charge in [-0.15, -0.1) is 0 Å². The van der Waals surface area contributed by atoms with E-state index in [9.17, 15) is 9.18 Å². The van der Waals surface area contributed by atoms with E-state index in [1.165, 1.54) is 18.2 Å². The number of anilines is 1. The van der Waals surface area contributed by atoms with Gasteiger partial charge in [-0.1, -0.05) is 26.0 Å². The predicted octanol–water partition coefficient (Wildman–Crippen LogP) is 4.68. The van der Waals surface area contributed by atoms with Crippen molar-refractivity contribution in [3.8, 4) is 0 Å². The molecule has 0 bridgehead atoms. The lowest BCUT2D eigenvalue weighted by atomic mass is 10.0. The highest BCUT2D eigenvalue weighted by Crippen LogP contribution is 2.26. The van der Waals surface area contributed by atoms with Crippen LogP contribution >= 0.6 is 34.8 Å². The van der Waals surface area contributed by atoms with Crippen molar-refractivity contribution in [2.45, 2.75) is 19.8 Å². The molecule has 23 heavy (non-hydrogen) atoms. The van der Waals surface area contributed by atoms with Crippen molar-refractivity contribution in [1.29, 1.82) is 0 Å². The molecular formula is C17H16FIN2OS. The molecule has 6 heteroatoms. The van der Waals surface area contributed by atoms with Gasteiger partial charge in [-0.05, 0) is 76.6 Å². The highest BCUT2D eigenvalue weighted by atomic mass is 127. The minimum atomic E-state index is -0.579. The summed E-state index contributed by atoms with van der Waals surface area (Å²) in [6.45, 7) is 4.16. The van der Waals surface area contributed by atoms with Crippen LogP contribution in [0.25, 0.3) is 0 Å². The molecule has 0 saturated heterocycles. The first-order valence-corrected chi connectivity index (χ1v) is 8.53. The molecule has 1 amide bonds. The fourth-order valence-corrected chi connectivity index (χ4v) is 2.81. The van der Waals surface area contributed by atoms with Gasteiger partial charge in [0.2, 0.25) is 0 Å². The SMILES string of the molecule is CC(C)c1cc(I)ccc1NC(=S)NC(=O)c1ccccc1F. The third-order valence-electron chi connectivity index (χ3n) is 3.23. The highest BCUT2D eigenvalue weighted by Gasteiger charge is 2.14. The molecule has 0 aliphatic carbocycles. The van der Waals surface area contributed by atoms with Crippen LogP contribution in [0.1, 0.15) is 35.7 Å². The van der Waals surface area contributed by atoms with E-state index in [4.69, 9.17) is 12.2 Å². The monoisotopic (exact) mass is 442 g/mol. The Morgan fingerprint density at radius 3 is 2.57 bits per heavy atom. The van der Waals surface area contributed by atoms with Crippen LogP contribution in [0.4, 0.5) is 10.1 Å². The first kappa shape index (κ1) is 17.8. The molecule has 2 rings (SSSR count). The molecule has 0 atom stereocenters. The van der Waals surface area contributed by atoms with Crippen LogP contribution in [-0.2, 0) is 0 Å². The Balaban J connectivity index is 2.11. The average molecular weight is 442 g/mol. The molecule has 0 fully saturated rings. The number of carbonyl (C=O) groups is 1. The summed E-state index contributed by atoms with van der Waals surface area (Å²) in [5.74, 6) is -0.848. The smallest absolute Gasteiger partial charge is 0.260 e. The van der Waals surface area contributed by atoms with Gasteiger partial charge in [0.15, 0.2) is 5.11 Å². The first-order valence-electron chi connectivity index (χ1n) is 7.04. The van der Waals surface area contributed by atoms with Gasteiger partial charge in [-0.25, -0.2) is 4.39 Å². The van der Waals surface area contributed by atoms with E-state index >= 15 is 0 Å². The van der Waals surface area contributed by atoms with Crippen LogP contribution in [-0.4, -0.2) is 11.0 Å². The topological polar surface area (TPSA) is 41.1 Å². The van der Waals surface area contributed by atoms with E-state index in [2.05, 4.69) is 53.1 Å². The van der Waals surface area contributed by atoms with Crippen LogP contribution in [0, 0.1) is 9.39 Å². The number of nitrogens with one attached hydrogen (secondary N) is 2. The number of rotatable bonds is 3. The summed E-state index contributed by atoms with van der Waals surface area (Å²) in [5, 5.41) is 5.66. The summed E-state index contributed by atoms with van der Waals surface area (Å²) in [6.07, 6.45) is 0. The second-order valence-corrected chi connectivity index (χ2v) is 6.93. The summed E-state index contributed by atoms with van der Waals surface area (Å²) in [7, 11) is 0. The van der Waals surface area contributed by atoms with E-state index in [1.807, 2.05) is 12.1 Å². The minimum Gasteiger partial charge on any atom is -0.332 e. The van der Waals surface area contributed by atoms with Gasteiger partial charge in [0.1, 0.15) is 5.82 Å². The summed E-state index contributed by atoms with van der Waals surface area (Å²) in [6, 6.07) is 11.7. The van der Waals surface area contributed by atoms with Gasteiger partial charge in [0.05, 0.1) is 5.56 Å². The Bertz CT molecular complexity index is 749. The molecule has 0 aliphatic rings. The first-order chi connectivity index (χ1) is 10.9. The zero-order valence-corrected chi connectivity index (χ0v) is 15.7. The largest absolute Gasteiger partial charge is 0.332 e. The lowest BCUT2D eigenvalue weighted by Gasteiger charge is -2.16. The lowest BCUT2D eigenvalue weighted by Crippen LogP contribution is -2.34. The molecule has 2 aromatic carbocycles. The van der Waals surface area contributed by atoms with Crippen molar-refractivity contribution in [2.75, 3.05) is 5.32 Å². The van der Waals surface area contributed by atoms with Crippen LogP contribution in [0.15, 0.2) is 42.5 Å². The normalized spacial score (nSPS) is 10.5. The second-order valence-electron chi connectivity index (χ2n) is 5.27. The van der Waals surface area contributed by atoms with Crippen molar-refractivity contribution in [2.24, 2.45) is 0 Å². The van der Waals surface area contributed by atoms with Crippen LogP contribution in [0.5, 0.6) is 0 Å². The predicted molar refractivity (Wildman–Crippen MR) is 103 cm³/mol. The molecule has 0 heterocycles. The quantitative estimate of drug-likeness (QED) is 0.536. The Morgan fingerprint density at radius 2 is 1.91 bits per heavy atom. The van der Waals surface area contributed by atoms with E-state index < -0.39 is 11.7 Å². The molecule has 2 aromatic rings. The van der Waals surface area contributed by atoms with Gasteiger partial charge in [0, 0.05) is 9.26 Å². The zero-order valence-electron chi connectivity index (χ0n) is 12.7. The van der Waals surface area contributed by atoms with Crippen LogP contribution < -0.4 is 10.6 Å². The molecule has 0 aromatic heterocycles. The van der Waals surface area contributed by atoms with Gasteiger partial charge < -0.3 is 5.32 Å². The number of carbonyl (C=O) groups excluding carboxylic acids is 1. The summed E-state index contributed by atoms with van der Waals surface area (Å²) < 4.78 is 14.7. The van der Waals surface area contributed by atoms with Gasteiger partial charge >= 0.3 is 0 Å². The number of thiocarbonyl (C=S) groups is 1. The Kier molecular flexibility index (Phi) is 6.06. The lowest BCUT2D eigenvalue weighted by molar-refractivity contribution is 0.0974. The summed E-state index contributed by atoms with van der Waals surface area (Å²) >= 11 is 7.42. The summed E-state index contributed by atoms with van der Waals surface area (Å²) in [5.41, 5.74) is 1.89. The number of hydrogen-bond acceptors (Lipinski definition) is 2. The maximum atomic E-state index is 13.6. The van der Waals surface area contributed by atoms with Gasteiger partial charge in [-0.3, -0.25) is 10.1 Å². The fraction of sp³-hybridized carbons (Fsp3) is 0.176. The van der Waals surface area contributed by atoms with Crippen LogP contribution in [0.2, 0.25) is 0 Å². The number of hydrogen-bond donors (Lipinski definition) is 2. The van der Waals surface area contributed by atoms with E-state index in [-0.39, 0.29) is 10.7 Å². The molecule has 0 spiro atoms. The van der Waals surface area contributed by atoms with Gasteiger partial charge in [-0.2, -0.15) is 0 Å². The Labute approximate surface area is 153 Å². The zero-order chi connectivity index (χ0) is 17.0. The standard InChI is InChI=1S/C17H16FIN2OS/c1-10(2)13-9-11(19)7-8-15(13)20-17(23)21-16(22)12-5-3-4-6-14(12)18/h3-10H,1-2H3,(H2,20,21,22,23). The van der Waals surface area contributed by atoms with Crippen molar-refractivity contribution < 1.29 is 9.18 Å². The molecule has 0 unspecified atom stereocenters. The van der Waals surface area contributed by atoms with E-state index in [0.717, 1.165) is 14.8 Å².